The Kier molecular flexibility index (Phi) is 8.71. The fourth-order valence-corrected chi connectivity index (χ4v) is 8.51. The molecule has 0 amide bonds. The normalized spacial score (nSPS) is 20.8. The summed E-state index contributed by atoms with van der Waals surface area (Å²) in [6.45, 7) is 15.7. The molecule has 0 saturated heterocycles. The topological polar surface area (TPSA) is 9.49 Å². The first-order valence-corrected chi connectivity index (χ1v) is 18.2. The van der Waals surface area contributed by atoms with E-state index in [0.29, 0.717) is 0 Å². The molecule has 0 atom stereocenters. The first kappa shape index (κ1) is 32.9. The van der Waals surface area contributed by atoms with E-state index in [0.717, 1.165) is 45.8 Å². The van der Waals surface area contributed by atoms with E-state index in [9.17, 15) is 0 Å². The van der Waals surface area contributed by atoms with Crippen LogP contribution in [0.2, 0.25) is 0 Å². The van der Waals surface area contributed by atoms with Gasteiger partial charge in [-0.1, -0.05) is 100 Å². The number of halogens is 1. The Morgan fingerprint density at radius 3 is 1.47 bits per heavy atom. The smallest absolute Gasteiger partial charge is 0.227 e. The number of anilines is 2. The zero-order valence-electron chi connectivity index (χ0n) is 29.4. The van der Waals surface area contributed by atoms with Crippen LogP contribution in [0.25, 0.3) is 0 Å². The second-order valence-electron chi connectivity index (χ2n) is 13.9. The molecule has 0 spiro atoms. The van der Waals surface area contributed by atoms with Crippen LogP contribution in [0.3, 0.4) is 0 Å². The van der Waals surface area contributed by atoms with Crippen LogP contribution in [0.4, 0.5) is 22.7 Å². The zero-order valence-corrected chi connectivity index (χ0v) is 31.0. The third kappa shape index (κ3) is 5.56. The summed E-state index contributed by atoms with van der Waals surface area (Å²) in [6, 6.07) is 39.1. The van der Waals surface area contributed by atoms with Gasteiger partial charge in [0, 0.05) is 81.0 Å². The van der Waals surface area contributed by atoms with Crippen LogP contribution in [-0.4, -0.2) is 18.8 Å². The summed E-state index contributed by atoms with van der Waals surface area (Å²) < 4.78 is 3.47. The van der Waals surface area contributed by atoms with Gasteiger partial charge in [0.25, 0.3) is 0 Å². The Bertz CT molecular complexity index is 2050. The molecule has 0 N–H and O–H groups in total. The lowest BCUT2D eigenvalue weighted by Crippen LogP contribution is -2.26. The molecule has 2 aliphatic heterocycles. The van der Waals surface area contributed by atoms with Gasteiger partial charge in [-0.2, -0.15) is 4.58 Å². The van der Waals surface area contributed by atoms with Crippen molar-refractivity contribution in [3.05, 3.63) is 178 Å². The van der Waals surface area contributed by atoms with E-state index in [-0.39, 0.29) is 10.8 Å². The van der Waals surface area contributed by atoms with Crippen molar-refractivity contribution >= 4 is 44.4 Å². The molecular weight excluding hydrogens is 662 g/mol. The molecule has 0 unspecified atom stereocenters. The van der Waals surface area contributed by atoms with Crippen LogP contribution in [0.5, 0.6) is 0 Å². The maximum atomic E-state index is 4.05. The van der Waals surface area contributed by atoms with Crippen molar-refractivity contribution in [2.75, 3.05) is 22.9 Å². The summed E-state index contributed by atoms with van der Waals surface area (Å²) in [5.74, 6) is 0. The van der Waals surface area contributed by atoms with Crippen molar-refractivity contribution in [3.8, 4) is 0 Å². The summed E-state index contributed by atoms with van der Waals surface area (Å²) in [4.78, 5) is 4.93. The number of nitrogens with zero attached hydrogens (tertiary/aromatic N) is 3. The predicted molar refractivity (Wildman–Crippen MR) is 214 cm³/mol. The van der Waals surface area contributed by atoms with Crippen molar-refractivity contribution in [3.63, 3.8) is 0 Å². The highest BCUT2D eigenvalue weighted by atomic mass is 79.9. The maximum absolute atomic E-state index is 4.05. The first-order chi connectivity index (χ1) is 23.7. The largest absolute Gasteiger partial charge is 0.344 e. The van der Waals surface area contributed by atoms with Gasteiger partial charge in [-0.25, -0.2) is 0 Å². The average Bonchev–Trinajstić information content (AvgIpc) is 3.63. The Hall–Kier alpha value is -4.67. The monoisotopic (exact) mass is 706 g/mol. The molecule has 246 valence electrons. The lowest BCUT2D eigenvalue weighted by atomic mass is 9.83. The SMILES string of the molecule is CCN1/C(=C/C=C2C(Br)=C/C(=C\C=C3\N(CC)c4ccccc4C3(C)C)C\2=[N+](c2ccccc2)c2ccccc2)C(C)(C)c2ccccc21. The molecule has 4 aromatic carbocycles. The van der Waals surface area contributed by atoms with Gasteiger partial charge in [-0.3, -0.25) is 0 Å². The highest BCUT2D eigenvalue weighted by molar-refractivity contribution is 9.12. The van der Waals surface area contributed by atoms with Crippen LogP contribution in [0.1, 0.15) is 52.7 Å². The van der Waals surface area contributed by atoms with E-state index in [2.05, 4.69) is 211 Å². The van der Waals surface area contributed by atoms with Gasteiger partial charge in [0.15, 0.2) is 0 Å². The van der Waals surface area contributed by atoms with E-state index in [1.165, 1.54) is 33.9 Å². The molecule has 4 aromatic rings. The third-order valence-electron chi connectivity index (χ3n) is 10.4. The van der Waals surface area contributed by atoms with Gasteiger partial charge in [-0.05, 0) is 83.4 Å². The third-order valence-corrected chi connectivity index (χ3v) is 11.0. The molecule has 0 radical (unpaired) electrons. The molecule has 1 aliphatic carbocycles. The van der Waals surface area contributed by atoms with Gasteiger partial charge >= 0.3 is 0 Å². The number of hydrogen-bond donors (Lipinski definition) is 0. The van der Waals surface area contributed by atoms with Crippen LogP contribution in [-0.2, 0) is 10.8 Å². The summed E-state index contributed by atoms with van der Waals surface area (Å²) in [5, 5.41) is 0. The fraction of sp³-hybridized carbons (Fsp3) is 0.222. The molecular formula is C45H45BrN3+. The van der Waals surface area contributed by atoms with Crippen LogP contribution < -0.4 is 14.4 Å². The van der Waals surface area contributed by atoms with Crippen molar-refractivity contribution in [1.82, 2.24) is 4.58 Å². The van der Waals surface area contributed by atoms with Crippen LogP contribution in [0, 0.1) is 0 Å². The van der Waals surface area contributed by atoms with Gasteiger partial charge in [0.1, 0.15) is 0 Å². The average molecular weight is 708 g/mol. The van der Waals surface area contributed by atoms with Gasteiger partial charge in [-0.15, -0.1) is 0 Å². The predicted octanol–water partition coefficient (Wildman–Crippen LogP) is 11.5. The molecule has 4 heteroatoms. The molecule has 3 nitrogen and oxygen atoms in total. The zero-order chi connectivity index (χ0) is 34.3. The highest BCUT2D eigenvalue weighted by Gasteiger charge is 2.41. The van der Waals surface area contributed by atoms with Crippen molar-refractivity contribution < 1.29 is 0 Å². The van der Waals surface area contributed by atoms with Gasteiger partial charge in [0.05, 0.1) is 5.57 Å². The van der Waals surface area contributed by atoms with E-state index in [4.69, 9.17) is 0 Å². The molecule has 0 bridgehead atoms. The number of benzene rings is 4. The Labute approximate surface area is 300 Å². The van der Waals surface area contributed by atoms with Crippen molar-refractivity contribution in [2.45, 2.75) is 52.4 Å². The van der Waals surface area contributed by atoms with E-state index in [1.807, 2.05) is 0 Å². The molecule has 49 heavy (non-hydrogen) atoms. The minimum atomic E-state index is -0.118. The Morgan fingerprint density at radius 1 is 0.571 bits per heavy atom. The van der Waals surface area contributed by atoms with Crippen LogP contribution in [0.15, 0.2) is 167 Å². The number of hydrogen-bond acceptors (Lipinski definition) is 2. The summed E-state index contributed by atoms with van der Waals surface area (Å²) in [6.07, 6.45) is 11.6. The van der Waals surface area contributed by atoms with Crippen molar-refractivity contribution in [2.24, 2.45) is 0 Å². The molecule has 0 saturated carbocycles. The minimum absolute atomic E-state index is 0.113. The second-order valence-corrected chi connectivity index (χ2v) is 14.8. The number of likely N-dealkylation sites (N-methyl/N-ethyl adjacent to an activating group) is 2. The molecule has 3 aliphatic rings. The maximum Gasteiger partial charge on any atom is 0.227 e. The summed E-state index contributed by atoms with van der Waals surface area (Å²) in [5.41, 5.74) is 13.4. The standard InChI is InChI=1S/C45H45BrN3/c1-7-47-39-25-17-15-23-36(39)44(3,4)41(47)29-27-32-31-38(46)35(28-30-42-45(5,6)37-24-16-18-26-40(37)48(42)8-2)43(32)49(33-19-11-9-12-20-33)34-21-13-10-14-22-34/h9-31H,7-8H2,1-6H3/q+1. The Balaban J connectivity index is 1.46. The van der Waals surface area contributed by atoms with Gasteiger partial charge in [0.2, 0.25) is 17.1 Å². The molecule has 0 fully saturated rings. The second kappa shape index (κ2) is 13.0. The number of rotatable bonds is 6. The van der Waals surface area contributed by atoms with E-state index < -0.39 is 0 Å². The number of allylic oxidation sites excluding steroid dienone is 10. The van der Waals surface area contributed by atoms with Gasteiger partial charge < -0.3 is 9.80 Å². The summed E-state index contributed by atoms with van der Waals surface area (Å²) in [7, 11) is 0. The first-order valence-electron chi connectivity index (χ1n) is 17.4. The quantitative estimate of drug-likeness (QED) is 0.185. The summed E-state index contributed by atoms with van der Waals surface area (Å²) >= 11 is 4.05. The number of para-hydroxylation sites is 4. The minimum Gasteiger partial charge on any atom is -0.344 e. The van der Waals surface area contributed by atoms with Crippen molar-refractivity contribution in [1.29, 1.82) is 0 Å². The lowest BCUT2D eigenvalue weighted by molar-refractivity contribution is 0.633. The van der Waals surface area contributed by atoms with E-state index in [1.54, 1.807) is 0 Å². The lowest BCUT2D eigenvalue weighted by Gasteiger charge is -2.26. The fourth-order valence-electron chi connectivity index (χ4n) is 7.94. The number of fused-ring (bicyclic) bond motifs is 2. The highest BCUT2D eigenvalue weighted by Crippen LogP contribution is 2.49. The van der Waals surface area contributed by atoms with Crippen LogP contribution >= 0.6 is 15.9 Å². The van der Waals surface area contributed by atoms with E-state index >= 15 is 0 Å². The molecule has 7 rings (SSSR count). The molecule has 0 aromatic heterocycles. The molecule has 2 heterocycles. The Morgan fingerprint density at radius 2 is 1.00 bits per heavy atom.